The maximum absolute atomic E-state index is 5.44. The number of fused-ring (bicyclic) bond motifs is 3. The average Bonchev–Trinajstić information content (AvgIpc) is 3.00. The number of hydrazone groups is 1. The smallest absolute Gasteiger partial charge is 0.174 e. The van der Waals surface area contributed by atoms with Gasteiger partial charge in [0.2, 0.25) is 0 Å². The van der Waals surface area contributed by atoms with Crippen molar-refractivity contribution in [1.29, 1.82) is 0 Å². The van der Waals surface area contributed by atoms with E-state index in [1.807, 2.05) is 25.2 Å². The molecule has 0 aliphatic carbocycles. The second kappa shape index (κ2) is 7.19. The molecular weight excluding hydrogens is 354 g/mol. The zero-order valence-corrected chi connectivity index (χ0v) is 16.2. The second-order valence-corrected chi connectivity index (χ2v) is 6.45. The topological polar surface area (TPSA) is 73.6 Å². The number of anilines is 1. The molecular formula is C21H21N5O2. The van der Waals surface area contributed by atoms with Gasteiger partial charge in [-0.1, -0.05) is 18.2 Å². The molecule has 0 fully saturated rings. The zero-order chi connectivity index (χ0) is 19.7. The van der Waals surface area contributed by atoms with Crippen molar-refractivity contribution in [2.75, 3.05) is 19.6 Å². The van der Waals surface area contributed by atoms with Gasteiger partial charge in [-0.15, -0.1) is 0 Å². The Balaban J connectivity index is 1.73. The summed E-state index contributed by atoms with van der Waals surface area (Å²) in [5, 5.41) is 5.45. The first kappa shape index (κ1) is 17.8. The van der Waals surface area contributed by atoms with E-state index in [2.05, 4.69) is 50.2 Å². The van der Waals surface area contributed by atoms with E-state index in [-0.39, 0.29) is 0 Å². The minimum Gasteiger partial charge on any atom is -0.493 e. The first-order chi connectivity index (χ1) is 13.6. The number of ether oxygens (including phenoxy) is 2. The number of nitrogens with zero attached hydrogens (tertiary/aromatic N) is 4. The van der Waals surface area contributed by atoms with Crippen LogP contribution in [0.2, 0.25) is 0 Å². The molecule has 0 bridgehead atoms. The van der Waals surface area contributed by atoms with Gasteiger partial charge in [0.1, 0.15) is 17.4 Å². The summed E-state index contributed by atoms with van der Waals surface area (Å²) in [6.07, 6.45) is 3.23. The van der Waals surface area contributed by atoms with E-state index >= 15 is 0 Å². The number of aromatic nitrogens is 3. The van der Waals surface area contributed by atoms with Crippen LogP contribution in [0.25, 0.3) is 21.9 Å². The van der Waals surface area contributed by atoms with Crippen molar-refractivity contribution < 1.29 is 9.47 Å². The Morgan fingerprint density at radius 1 is 1.11 bits per heavy atom. The summed E-state index contributed by atoms with van der Waals surface area (Å²) in [6, 6.07) is 12.0. The molecule has 4 rings (SSSR count). The molecule has 2 aromatic carbocycles. The summed E-state index contributed by atoms with van der Waals surface area (Å²) in [5.41, 5.74) is 7.94. The highest BCUT2D eigenvalue weighted by molar-refractivity contribution is 6.09. The van der Waals surface area contributed by atoms with Gasteiger partial charge in [-0.25, -0.2) is 9.97 Å². The standard InChI is InChI=1S/C21H21N5O2/c1-13-8-9-15-16(10-13)26(2)19-18(15)22-12-23-21(19)25-24-11-14-6-5-7-17(27-3)20(14)28-4/h5-12H,1-4H3,(H,22,23,25). The number of aryl methyl sites for hydroxylation is 2. The van der Waals surface area contributed by atoms with Crippen LogP contribution in [0, 0.1) is 6.92 Å². The summed E-state index contributed by atoms with van der Waals surface area (Å²) in [4.78, 5) is 8.86. The van der Waals surface area contributed by atoms with Crippen molar-refractivity contribution in [3.63, 3.8) is 0 Å². The van der Waals surface area contributed by atoms with Crippen LogP contribution in [0.15, 0.2) is 47.8 Å². The van der Waals surface area contributed by atoms with Crippen molar-refractivity contribution in [3.05, 3.63) is 53.9 Å². The molecule has 0 saturated heterocycles. The van der Waals surface area contributed by atoms with Gasteiger partial charge in [0.15, 0.2) is 17.3 Å². The molecule has 0 saturated carbocycles. The fourth-order valence-electron chi connectivity index (χ4n) is 3.39. The SMILES string of the molecule is COc1cccc(C=NNc2ncnc3c4ccc(C)cc4n(C)c23)c1OC. The van der Waals surface area contributed by atoms with E-state index in [1.165, 1.54) is 5.56 Å². The van der Waals surface area contributed by atoms with E-state index in [9.17, 15) is 0 Å². The first-order valence-electron chi connectivity index (χ1n) is 8.84. The third-order valence-electron chi connectivity index (χ3n) is 4.73. The van der Waals surface area contributed by atoms with Gasteiger partial charge in [-0.05, 0) is 30.7 Å². The highest BCUT2D eigenvalue weighted by Crippen LogP contribution is 2.31. The molecule has 142 valence electrons. The fraction of sp³-hybridized carbons (Fsp3) is 0.190. The summed E-state index contributed by atoms with van der Waals surface area (Å²) in [7, 11) is 5.22. The van der Waals surface area contributed by atoms with Crippen molar-refractivity contribution in [2.24, 2.45) is 12.1 Å². The summed E-state index contributed by atoms with van der Waals surface area (Å²) >= 11 is 0. The Hall–Kier alpha value is -3.61. The minimum absolute atomic E-state index is 0.628. The molecule has 0 spiro atoms. The highest BCUT2D eigenvalue weighted by atomic mass is 16.5. The average molecular weight is 375 g/mol. The maximum Gasteiger partial charge on any atom is 0.174 e. The van der Waals surface area contributed by atoms with Crippen LogP contribution in [-0.4, -0.2) is 35.0 Å². The third-order valence-corrected chi connectivity index (χ3v) is 4.73. The quantitative estimate of drug-likeness (QED) is 0.423. The Bertz CT molecular complexity index is 1200. The number of nitrogens with one attached hydrogen (secondary N) is 1. The number of rotatable bonds is 5. The zero-order valence-electron chi connectivity index (χ0n) is 16.2. The molecule has 7 nitrogen and oxygen atoms in total. The van der Waals surface area contributed by atoms with Crippen molar-refractivity contribution >= 4 is 34.0 Å². The van der Waals surface area contributed by atoms with Crippen LogP contribution in [-0.2, 0) is 7.05 Å². The van der Waals surface area contributed by atoms with Crippen LogP contribution < -0.4 is 14.9 Å². The molecule has 0 amide bonds. The maximum atomic E-state index is 5.44. The number of methoxy groups -OCH3 is 2. The number of hydrogen-bond donors (Lipinski definition) is 1. The molecule has 28 heavy (non-hydrogen) atoms. The first-order valence-corrected chi connectivity index (χ1v) is 8.84. The van der Waals surface area contributed by atoms with E-state index in [1.54, 1.807) is 26.8 Å². The molecule has 0 aliphatic heterocycles. The Morgan fingerprint density at radius 3 is 2.75 bits per heavy atom. The minimum atomic E-state index is 0.628. The predicted octanol–water partition coefficient (Wildman–Crippen LogP) is 3.89. The lowest BCUT2D eigenvalue weighted by molar-refractivity contribution is 0.354. The van der Waals surface area contributed by atoms with Gasteiger partial charge in [0.05, 0.1) is 26.0 Å². The highest BCUT2D eigenvalue weighted by Gasteiger charge is 2.14. The fourth-order valence-corrected chi connectivity index (χ4v) is 3.39. The van der Waals surface area contributed by atoms with Gasteiger partial charge < -0.3 is 14.0 Å². The van der Waals surface area contributed by atoms with Crippen LogP contribution in [0.4, 0.5) is 5.82 Å². The van der Waals surface area contributed by atoms with Gasteiger partial charge in [0, 0.05) is 18.0 Å². The summed E-state index contributed by atoms with van der Waals surface area (Å²) in [5.74, 6) is 1.92. The third kappa shape index (κ3) is 2.90. The van der Waals surface area contributed by atoms with Crippen molar-refractivity contribution in [2.45, 2.75) is 6.92 Å². The molecule has 0 radical (unpaired) electrons. The predicted molar refractivity (Wildman–Crippen MR) is 112 cm³/mol. The molecule has 0 aliphatic rings. The largest absolute Gasteiger partial charge is 0.493 e. The van der Waals surface area contributed by atoms with Crippen molar-refractivity contribution in [3.8, 4) is 11.5 Å². The summed E-state index contributed by atoms with van der Waals surface area (Å²) < 4.78 is 12.8. The molecule has 2 heterocycles. The van der Waals surface area contributed by atoms with E-state index < -0.39 is 0 Å². The number of hydrogen-bond acceptors (Lipinski definition) is 6. The second-order valence-electron chi connectivity index (χ2n) is 6.45. The Morgan fingerprint density at radius 2 is 1.96 bits per heavy atom. The lowest BCUT2D eigenvalue weighted by atomic mass is 10.2. The van der Waals surface area contributed by atoms with Crippen LogP contribution in [0.1, 0.15) is 11.1 Å². The molecule has 4 aromatic rings. The van der Waals surface area contributed by atoms with Gasteiger partial charge in [-0.3, -0.25) is 5.43 Å². The Kier molecular flexibility index (Phi) is 4.57. The monoisotopic (exact) mass is 375 g/mol. The molecule has 7 heteroatoms. The Labute approximate surface area is 162 Å². The molecule has 1 N–H and O–H groups in total. The number of para-hydroxylation sites is 1. The number of benzene rings is 2. The van der Waals surface area contributed by atoms with Crippen LogP contribution in [0.5, 0.6) is 11.5 Å². The molecule has 0 atom stereocenters. The molecule has 2 aromatic heterocycles. The van der Waals surface area contributed by atoms with Gasteiger partial charge in [-0.2, -0.15) is 5.10 Å². The van der Waals surface area contributed by atoms with E-state index in [4.69, 9.17) is 9.47 Å². The van der Waals surface area contributed by atoms with E-state index in [0.717, 1.165) is 27.5 Å². The van der Waals surface area contributed by atoms with E-state index in [0.29, 0.717) is 17.3 Å². The lowest BCUT2D eigenvalue weighted by Crippen LogP contribution is -2.00. The summed E-state index contributed by atoms with van der Waals surface area (Å²) in [6.45, 7) is 2.08. The van der Waals surface area contributed by atoms with Gasteiger partial charge >= 0.3 is 0 Å². The van der Waals surface area contributed by atoms with Gasteiger partial charge in [0.25, 0.3) is 0 Å². The normalized spacial score (nSPS) is 11.4. The lowest BCUT2D eigenvalue weighted by Gasteiger charge is -2.09. The van der Waals surface area contributed by atoms with Crippen LogP contribution >= 0.6 is 0 Å². The van der Waals surface area contributed by atoms with Crippen LogP contribution in [0.3, 0.4) is 0 Å². The molecule has 0 unspecified atom stereocenters. The van der Waals surface area contributed by atoms with Crippen molar-refractivity contribution in [1.82, 2.24) is 14.5 Å².